The lowest BCUT2D eigenvalue weighted by Crippen LogP contribution is -2.31. The van der Waals surface area contributed by atoms with E-state index in [9.17, 15) is 9.90 Å². The number of nitrogens with two attached hydrogens (primary N) is 1. The van der Waals surface area contributed by atoms with Crippen molar-refractivity contribution >= 4 is 23.1 Å². The summed E-state index contributed by atoms with van der Waals surface area (Å²) in [6.45, 7) is 3.17. The van der Waals surface area contributed by atoms with Gasteiger partial charge in [-0.05, 0) is 18.9 Å². The standard InChI is InChI=1S/C15H20N2O2S/c1-10(18)13-6-7-17(9-13)14(19)8-11-2-4-12(5-3-11)15(16)20/h2-5,10,13,18H,6-9H2,1H3,(H2,16,20). The first kappa shape index (κ1) is 14.9. The molecule has 108 valence electrons. The van der Waals surface area contributed by atoms with Gasteiger partial charge in [0.25, 0.3) is 0 Å². The number of aliphatic hydroxyl groups excluding tert-OH is 1. The molecular formula is C15H20N2O2S. The fraction of sp³-hybridized carbons (Fsp3) is 0.467. The number of carbonyl (C=O) groups excluding carboxylic acids is 1. The molecule has 5 heteroatoms. The zero-order chi connectivity index (χ0) is 14.7. The lowest BCUT2D eigenvalue weighted by atomic mass is 10.0. The van der Waals surface area contributed by atoms with Gasteiger partial charge >= 0.3 is 0 Å². The van der Waals surface area contributed by atoms with Gasteiger partial charge in [-0.2, -0.15) is 0 Å². The number of amides is 1. The van der Waals surface area contributed by atoms with Gasteiger partial charge < -0.3 is 15.7 Å². The van der Waals surface area contributed by atoms with Gasteiger partial charge in [-0.15, -0.1) is 0 Å². The summed E-state index contributed by atoms with van der Waals surface area (Å²) >= 11 is 4.90. The van der Waals surface area contributed by atoms with Crippen LogP contribution in [0.15, 0.2) is 24.3 Å². The van der Waals surface area contributed by atoms with Crippen LogP contribution in [0, 0.1) is 5.92 Å². The van der Waals surface area contributed by atoms with E-state index in [0.29, 0.717) is 18.0 Å². The first-order valence-electron chi connectivity index (χ1n) is 6.82. The van der Waals surface area contributed by atoms with Gasteiger partial charge in [0.15, 0.2) is 0 Å². The van der Waals surface area contributed by atoms with Crippen molar-refractivity contribution in [2.24, 2.45) is 11.7 Å². The van der Waals surface area contributed by atoms with Gasteiger partial charge in [-0.25, -0.2) is 0 Å². The second-order valence-electron chi connectivity index (χ2n) is 5.37. The predicted molar refractivity (Wildman–Crippen MR) is 82.4 cm³/mol. The Kier molecular flexibility index (Phi) is 4.73. The molecule has 2 atom stereocenters. The van der Waals surface area contributed by atoms with E-state index in [0.717, 1.165) is 24.1 Å². The van der Waals surface area contributed by atoms with E-state index in [4.69, 9.17) is 18.0 Å². The number of carbonyl (C=O) groups is 1. The summed E-state index contributed by atoms with van der Waals surface area (Å²) < 4.78 is 0. The van der Waals surface area contributed by atoms with E-state index in [1.54, 1.807) is 6.92 Å². The highest BCUT2D eigenvalue weighted by Crippen LogP contribution is 2.20. The van der Waals surface area contributed by atoms with Crippen molar-refractivity contribution in [2.45, 2.75) is 25.9 Å². The number of hydrogen-bond donors (Lipinski definition) is 2. The molecule has 0 saturated carbocycles. The Morgan fingerprint density at radius 2 is 2.15 bits per heavy atom. The Balaban J connectivity index is 1.93. The maximum absolute atomic E-state index is 12.2. The molecule has 1 aliphatic rings. The van der Waals surface area contributed by atoms with Crippen LogP contribution < -0.4 is 5.73 Å². The van der Waals surface area contributed by atoms with Crippen molar-refractivity contribution in [3.8, 4) is 0 Å². The summed E-state index contributed by atoms with van der Waals surface area (Å²) in [7, 11) is 0. The Labute approximate surface area is 124 Å². The van der Waals surface area contributed by atoms with Crippen LogP contribution in [0.1, 0.15) is 24.5 Å². The van der Waals surface area contributed by atoms with E-state index >= 15 is 0 Å². The molecule has 0 aromatic heterocycles. The van der Waals surface area contributed by atoms with Crippen molar-refractivity contribution in [2.75, 3.05) is 13.1 Å². The smallest absolute Gasteiger partial charge is 0.227 e. The molecule has 0 radical (unpaired) electrons. The monoisotopic (exact) mass is 292 g/mol. The van der Waals surface area contributed by atoms with Crippen molar-refractivity contribution in [1.82, 2.24) is 4.90 Å². The average molecular weight is 292 g/mol. The van der Waals surface area contributed by atoms with Crippen LogP contribution in [0.5, 0.6) is 0 Å². The molecule has 1 aliphatic heterocycles. The Hall–Kier alpha value is -1.46. The zero-order valence-corrected chi connectivity index (χ0v) is 12.4. The maximum Gasteiger partial charge on any atom is 0.227 e. The normalized spacial score (nSPS) is 19.9. The third-order valence-corrected chi connectivity index (χ3v) is 4.09. The van der Waals surface area contributed by atoms with Crippen molar-refractivity contribution < 1.29 is 9.90 Å². The first-order valence-corrected chi connectivity index (χ1v) is 7.23. The molecule has 1 fully saturated rings. The number of rotatable bonds is 4. The van der Waals surface area contributed by atoms with Crippen molar-refractivity contribution in [1.29, 1.82) is 0 Å². The van der Waals surface area contributed by atoms with Gasteiger partial charge in [-0.1, -0.05) is 36.5 Å². The summed E-state index contributed by atoms with van der Waals surface area (Å²) in [5, 5.41) is 9.56. The highest BCUT2D eigenvalue weighted by atomic mass is 32.1. The van der Waals surface area contributed by atoms with E-state index in [1.807, 2.05) is 29.2 Å². The SMILES string of the molecule is CC(O)C1CCN(C(=O)Cc2ccc(C(N)=S)cc2)C1. The van der Waals surface area contributed by atoms with Crippen molar-refractivity contribution in [3.63, 3.8) is 0 Å². The van der Waals surface area contributed by atoms with Crippen molar-refractivity contribution in [3.05, 3.63) is 35.4 Å². The van der Waals surface area contributed by atoms with Gasteiger partial charge in [0.05, 0.1) is 12.5 Å². The lowest BCUT2D eigenvalue weighted by molar-refractivity contribution is -0.129. The summed E-state index contributed by atoms with van der Waals surface area (Å²) in [6.07, 6.45) is 0.908. The fourth-order valence-corrected chi connectivity index (χ4v) is 2.62. The Morgan fingerprint density at radius 1 is 1.50 bits per heavy atom. The number of hydrogen-bond acceptors (Lipinski definition) is 3. The fourth-order valence-electron chi connectivity index (χ4n) is 2.48. The van der Waals surface area contributed by atoms with Crippen LogP contribution in [0.3, 0.4) is 0 Å². The quantitative estimate of drug-likeness (QED) is 0.815. The molecule has 1 heterocycles. The van der Waals surface area contributed by atoms with Gasteiger partial charge in [0, 0.05) is 24.6 Å². The Morgan fingerprint density at radius 3 is 2.65 bits per heavy atom. The molecule has 1 amide bonds. The molecule has 1 aromatic carbocycles. The highest BCUT2D eigenvalue weighted by molar-refractivity contribution is 7.80. The van der Waals surface area contributed by atoms with Crippen LogP contribution >= 0.6 is 12.2 Å². The first-order chi connectivity index (χ1) is 9.47. The third-order valence-electron chi connectivity index (χ3n) is 3.85. The van der Waals surface area contributed by atoms with E-state index < -0.39 is 0 Å². The summed E-state index contributed by atoms with van der Waals surface area (Å²) in [5.74, 6) is 0.312. The number of benzene rings is 1. The number of nitrogens with zero attached hydrogens (tertiary/aromatic N) is 1. The van der Waals surface area contributed by atoms with Crippen LogP contribution in [0.25, 0.3) is 0 Å². The van der Waals surface area contributed by atoms with Crippen LogP contribution in [0.4, 0.5) is 0 Å². The van der Waals surface area contributed by atoms with E-state index in [-0.39, 0.29) is 17.9 Å². The molecule has 3 N–H and O–H groups in total. The summed E-state index contributed by atoms with van der Waals surface area (Å²) in [4.78, 5) is 14.4. The lowest BCUT2D eigenvalue weighted by Gasteiger charge is -2.17. The molecule has 1 saturated heterocycles. The van der Waals surface area contributed by atoms with Crippen LogP contribution in [0.2, 0.25) is 0 Å². The number of thiocarbonyl (C=S) groups is 1. The van der Waals surface area contributed by atoms with Gasteiger partial charge in [0.2, 0.25) is 5.91 Å². The molecule has 2 rings (SSSR count). The summed E-state index contributed by atoms with van der Waals surface area (Å²) in [5.41, 5.74) is 7.31. The minimum absolute atomic E-state index is 0.108. The van der Waals surface area contributed by atoms with E-state index in [2.05, 4.69) is 0 Å². The van der Waals surface area contributed by atoms with E-state index in [1.165, 1.54) is 0 Å². The Bertz CT molecular complexity index is 499. The molecular weight excluding hydrogens is 272 g/mol. The van der Waals surface area contributed by atoms with Crippen LogP contribution in [-0.2, 0) is 11.2 Å². The maximum atomic E-state index is 12.2. The van der Waals surface area contributed by atoms with Crippen LogP contribution in [-0.4, -0.2) is 40.1 Å². The second kappa shape index (κ2) is 6.33. The molecule has 0 aliphatic carbocycles. The number of likely N-dealkylation sites (tertiary alicyclic amines) is 1. The molecule has 20 heavy (non-hydrogen) atoms. The molecule has 0 spiro atoms. The zero-order valence-electron chi connectivity index (χ0n) is 11.6. The predicted octanol–water partition coefficient (Wildman–Crippen LogP) is 1.09. The average Bonchev–Trinajstić information content (AvgIpc) is 2.89. The molecule has 0 bridgehead atoms. The largest absolute Gasteiger partial charge is 0.393 e. The minimum atomic E-state index is -0.349. The topological polar surface area (TPSA) is 66.6 Å². The highest BCUT2D eigenvalue weighted by Gasteiger charge is 2.28. The third kappa shape index (κ3) is 3.55. The number of aliphatic hydroxyl groups is 1. The second-order valence-corrected chi connectivity index (χ2v) is 5.81. The molecule has 2 unspecified atom stereocenters. The minimum Gasteiger partial charge on any atom is -0.393 e. The molecule has 4 nitrogen and oxygen atoms in total. The molecule has 1 aromatic rings. The summed E-state index contributed by atoms with van der Waals surface area (Å²) in [6, 6.07) is 7.45. The van der Waals surface area contributed by atoms with Gasteiger partial charge in [0.1, 0.15) is 4.99 Å². The van der Waals surface area contributed by atoms with Gasteiger partial charge in [-0.3, -0.25) is 4.79 Å².